The Hall–Kier alpha value is -1.71. The minimum absolute atomic E-state index is 0.158. The highest BCUT2D eigenvalue weighted by Crippen LogP contribution is 2.30. The Morgan fingerprint density at radius 2 is 1.86 bits per heavy atom. The van der Waals surface area contributed by atoms with Gasteiger partial charge in [-0.3, -0.25) is 0 Å². The second kappa shape index (κ2) is 3.21. The molecule has 7 heteroatoms. The molecular formula is C7HF5N2. The van der Waals surface area contributed by atoms with Crippen LogP contribution in [0.25, 0.3) is 0 Å². The summed E-state index contributed by atoms with van der Waals surface area (Å²) in [7, 11) is 0. The average Bonchev–Trinajstić information content (AvgIpc) is 2.06. The first kappa shape index (κ1) is 10.4. The zero-order chi connectivity index (χ0) is 10.9. The van der Waals surface area contributed by atoms with Crippen molar-refractivity contribution in [2.24, 2.45) is 0 Å². The standard InChI is InChI=1S/C7HF5N2/c8-4-1-3(2-13)6(9)14-5(4)7(10,11)12/h1H. The second-order valence-corrected chi connectivity index (χ2v) is 2.27. The lowest BCUT2D eigenvalue weighted by Gasteiger charge is -2.06. The highest BCUT2D eigenvalue weighted by atomic mass is 19.4. The van der Waals surface area contributed by atoms with Gasteiger partial charge in [-0.1, -0.05) is 0 Å². The smallest absolute Gasteiger partial charge is 0.211 e. The van der Waals surface area contributed by atoms with Gasteiger partial charge >= 0.3 is 6.18 Å². The molecule has 1 heterocycles. The highest BCUT2D eigenvalue weighted by Gasteiger charge is 2.37. The van der Waals surface area contributed by atoms with Crippen LogP contribution in [0.1, 0.15) is 11.3 Å². The highest BCUT2D eigenvalue weighted by molar-refractivity contribution is 5.29. The Morgan fingerprint density at radius 1 is 1.29 bits per heavy atom. The van der Waals surface area contributed by atoms with Crippen molar-refractivity contribution in [3.63, 3.8) is 0 Å². The summed E-state index contributed by atoms with van der Waals surface area (Å²) in [5, 5.41) is 8.16. The van der Waals surface area contributed by atoms with E-state index in [1.54, 1.807) is 0 Å². The normalized spacial score (nSPS) is 11.1. The van der Waals surface area contributed by atoms with Crippen molar-refractivity contribution >= 4 is 0 Å². The maximum absolute atomic E-state index is 12.6. The summed E-state index contributed by atoms with van der Waals surface area (Å²) in [5.74, 6) is -3.41. The van der Waals surface area contributed by atoms with E-state index in [0.29, 0.717) is 0 Å². The molecule has 0 aliphatic heterocycles. The van der Waals surface area contributed by atoms with Gasteiger partial charge in [0, 0.05) is 0 Å². The molecule has 1 aromatic rings. The van der Waals surface area contributed by atoms with E-state index in [4.69, 9.17) is 5.26 Å². The third kappa shape index (κ3) is 1.79. The predicted octanol–water partition coefficient (Wildman–Crippen LogP) is 2.25. The molecule has 0 saturated carbocycles. The molecule has 0 unspecified atom stereocenters. The quantitative estimate of drug-likeness (QED) is 0.484. The average molecular weight is 208 g/mol. The molecule has 0 amide bonds. The molecule has 0 fully saturated rings. The predicted molar refractivity (Wildman–Crippen MR) is 33.9 cm³/mol. The lowest BCUT2D eigenvalue weighted by Crippen LogP contribution is -2.13. The van der Waals surface area contributed by atoms with Crippen molar-refractivity contribution in [3.8, 4) is 6.07 Å². The number of pyridine rings is 1. The first-order valence-electron chi connectivity index (χ1n) is 3.19. The molecule has 1 aromatic heterocycles. The minimum atomic E-state index is -5.07. The molecule has 0 atom stereocenters. The molecule has 0 aliphatic rings. The van der Waals surface area contributed by atoms with E-state index < -0.39 is 29.2 Å². The monoisotopic (exact) mass is 208 g/mol. The van der Waals surface area contributed by atoms with Gasteiger partial charge in [0.1, 0.15) is 11.6 Å². The van der Waals surface area contributed by atoms with Crippen LogP contribution in [0.3, 0.4) is 0 Å². The summed E-state index contributed by atoms with van der Waals surface area (Å²) < 4.78 is 60.9. The molecule has 0 N–H and O–H groups in total. The Morgan fingerprint density at radius 3 is 2.29 bits per heavy atom. The number of aromatic nitrogens is 1. The second-order valence-electron chi connectivity index (χ2n) is 2.27. The van der Waals surface area contributed by atoms with Crippen LogP contribution in [-0.4, -0.2) is 4.98 Å². The zero-order valence-corrected chi connectivity index (χ0v) is 6.36. The molecule has 74 valence electrons. The topological polar surface area (TPSA) is 36.7 Å². The number of rotatable bonds is 0. The van der Waals surface area contributed by atoms with E-state index in [-0.39, 0.29) is 6.07 Å². The van der Waals surface area contributed by atoms with Crippen molar-refractivity contribution in [2.75, 3.05) is 0 Å². The Balaban J connectivity index is 3.38. The SMILES string of the molecule is N#Cc1cc(F)c(C(F)(F)F)nc1F. The molecule has 0 aliphatic carbocycles. The fourth-order valence-electron chi connectivity index (χ4n) is 0.744. The van der Waals surface area contributed by atoms with Gasteiger partial charge in [-0.25, -0.2) is 9.37 Å². The van der Waals surface area contributed by atoms with E-state index in [0.717, 1.165) is 0 Å². The maximum atomic E-state index is 12.6. The third-order valence-corrected chi connectivity index (χ3v) is 1.32. The maximum Gasteiger partial charge on any atom is 0.436 e. The van der Waals surface area contributed by atoms with Gasteiger partial charge < -0.3 is 0 Å². The summed E-state index contributed by atoms with van der Waals surface area (Å²) in [6.45, 7) is 0. The van der Waals surface area contributed by atoms with Crippen LogP contribution in [-0.2, 0) is 6.18 Å². The van der Waals surface area contributed by atoms with E-state index in [2.05, 4.69) is 4.98 Å². The number of hydrogen-bond acceptors (Lipinski definition) is 2. The van der Waals surface area contributed by atoms with Crippen molar-refractivity contribution in [1.29, 1.82) is 5.26 Å². The summed E-state index contributed by atoms with van der Waals surface area (Å²) in [6.07, 6.45) is -5.07. The van der Waals surface area contributed by atoms with Crippen LogP contribution in [0.2, 0.25) is 0 Å². The molecule has 0 saturated heterocycles. The van der Waals surface area contributed by atoms with Crippen LogP contribution in [0, 0.1) is 23.1 Å². The number of nitrogens with zero attached hydrogens (tertiary/aromatic N) is 2. The van der Waals surface area contributed by atoms with E-state index in [1.165, 1.54) is 6.07 Å². The summed E-state index contributed by atoms with van der Waals surface area (Å²) in [4.78, 5) is 2.33. The summed E-state index contributed by atoms with van der Waals surface area (Å²) in [5.41, 5.74) is -2.83. The van der Waals surface area contributed by atoms with Gasteiger partial charge in [-0.05, 0) is 6.07 Å². The first-order valence-corrected chi connectivity index (χ1v) is 3.19. The van der Waals surface area contributed by atoms with Crippen LogP contribution in [0.4, 0.5) is 22.0 Å². The lowest BCUT2D eigenvalue weighted by molar-refractivity contribution is -0.144. The van der Waals surface area contributed by atoms with Crippen LogP contribution in [0.5, 0.6) is 0 Å². The Kier molecular flexibility index (Phi) is 2.38. The van der Waals surface area contributed by atoms with Crippen molar-refractivity contribution in [1.82, 2.24) is 4.98 Å². The van der Waals surface area contributed by atoms with Gasteiger partial charge in [0.15, 0.2) is 11.5 Å². The molecule has 14 heavy (non-hydrogen) atoms. The molecule has 0 bridgehead atoms. The third-order valence-electron chi connectivity index (χ3n) is 1.32. The zero-order valence-electron chi connectivity index (χ0n) is 6.36. The fourth-order valence-corrected chi connectivity index (χ4v) is 0.744. The number of hydrogen-bond donors (Lipinski definition) is 0. The number of nitriles is 1. The molecular weight excluding hydrogens is 207 g/mol. The van der Waals surface area contributed by atoms with E-state index >= 15 is 0 Å². The van der Waals surface area contributed by atoms with Gasteiger partial charge in [-0.2, -0.15) is 22.8 Å². The fraction of sp³-hybridized carbons (Fsp3) is 0.143. The molecule has 1 rings (SSSR count). The number of halogens is 5. The van der Waals surface area contributed by atoms with E-state index in [1.807, 2.05) is 0 Å². The lowest BCUT2D eigenvalue weighted by atomic mass is 10.2. The van der Waals surface area contributed by atoms with Crippen LogP contribution < -0.4 is 0 Å². The molecule has 0 aromatic carbocycles. The Labute approximate surface area is 74.6 Å². The molecule has 2 nitrogen and oxygen atoms in total. The van der Waals surface area contributed by atoms with Gasteiger partial charge in [0.25, 0.3) is 0 Å². The van der Waals surface area contributed by atoms with Gasteiger partial charge in [-0.15, -0.1) is 0 Å². The molecule has 0 radical (unpaired) electrons. The van der Waals surface area contributed by atoms with Crippen molar-refractivity contribution in [2.45, 2.75) is 6.18 Å². The number of alkyl halides is 3. The first-order chi connectivity index (χ1) is 6.36. The van der Waals surface area contributed by atoms with Crippen LogP contribution >= 0.6 is 0 Å². The summed E-state index contributed by atoms with van der Waals surface area (Å²) in [6, 6.07) is 1.33. The minimum Gasteiger partial charge on any atom is -0.211 e. The van der Waals surface area contributed by atoms with Crippen molar-refractivity contribution in [3.05, 3.63) is 29.1 Å². The molecule has 0 spiro atoms. The van der Waals surface area contributed by atoms with Crippen LogP contribution in [0.15, 0.2) is 6.07 Å². The summed E-state index contributed by atoms with van der Waals surface area (Å²) >= 11 is 0. The van der Waals surface area contributed by atoms with Crippen molar-refractivity contribution < 1.29 is 22.0 Å². The largest absolute Gasteiger partial charge is 0.436 e. The van der Waals surface area contributed by atoms with E-state index in [9.17, 15) is 22.0 Å². The van der Waals surface area contributed by atoms with Gasteiger partial charge in [0.2, 0.25) is 5.95 Å². The van der Waals surface area contributed by atoms with Gasteiger partial charge in [0.05, 0.1) is 0 Å². The Bertz CT molecular complexity index is 404.